The van der Waals surface area contributed by atoms with Gasteiger partial charge in [-0.15, -0.1) is 0 Å². The van der Waals surface area contributed by atoms with Gasteiger partial charge in [-0.3, -0.25) is 24.4 Å². The highest BCUT2D eigenvalue weighted by Crippen LogP contribution is 2.05. The number of carboxylic acid groups (broad SMARTS) is 1. The third kappa shape index (κ3) is 15.7. The molecule has 0 spiro atoms. The number of nitrogens with one attached hydrogen (secondary N) is 3. The molecule has 0 saturated carbocycles. The predicted octanol–water partition coefficient (Wildman–Crippen LogP) is -3.36. The molecule has 0 aliphatic rings. The van der Waals surface area contributed by atoms with Crippen molar-refractivity contribution in [1.82, 2.24) is 16.0 Å². The van der Waals surface area contributed by atoms with Crippen molar-refractivity contribution in [2.24, 2.45) is 38.7 Å². The molecule has 0 aromatic heterocycles. The van der Waals surface area contributed by atoms with Gasteiger partial charge >= 0.3 is 5.97 Å². The number of amides is 3. The average Bonchev–Trinajstić information content (AvgIpc) is 2.83. The van der Waals surface area contributed by atoms with E-state index < -0.39 is 47.9 Å². The van der Waals surface area contributed by atoms with Crippen molar-refractivity contribution in [3.63, 3.8) is 0 Å². The number of rotatable bonds is 19. The van der Waals surface area contributed by atoms with Crippen LogP contribution in [0, 0.1) is 0 Å². The molecule has 3 amide bonds. The molecule has 0 aliphatic carbocycles. The highest BCUT2D eigenvalue weighted by Gasteiger charge is 2.29. The molecule has 0 rings (SSSR count). The van der Waals surface area contributed by atoms with Gasteiger partial charge in [-0.2, -0.15) is 24.4 Å². The van der Waals surface area contributed by atoms with Crippen LogP contribution in [0.1, 0.15) is 32.1 Å². The van der Waals surface area contributed by atoms with Crippen LogP contribution >= 0.6 is 24.4 Å². The standard InChI is InChI=1S/C20H40N10O5S2/c1-37-9-6-12(28-15(31)11(21)4-2-7-26-19(22)23)16(32)30-14(10-36)17(33)29-13(18(34)35)5-3-8-27-20(24)25/h11-14,36H,2-10,21H2,1H3,(H,28,31)(H,29,33)(H,30,32)(H,34,35)(H4,22,23,26)(H4,24,25,27). The highest BCUT2D eigenvalue weighted by atomic mass is 32.2. The second kappa shape index (κ2) is 19.2. The van der Waals surface area contributed by atoms with Crippen molar-refractivity contribution in [2.75, 3.05) is 30.9 Å². The van der Waals surface area contributed by atoms with E-state index in [1.165, 1.54) is 11.8 Å². The summed E-state index contributed by atoms with van der Waals surface area (Å²) in [7, 11) is 0. The van der Waals surface area contributed by atoms with Gasteiger partial charge in [0.25, 0.3) is 0 Å². The van der Waals surface area contributed by atoms with E-state index in [2.05, 4.69) is 38.6 Å². The summed E-state index contributed by atoms with van der Waals surface area (Å²) in [6.07, 6.45) is 3.26. The molecule has 4 unspecified atom stereocenters. The smallest absolute Gasteiger partial charge is 0.326 e. The lowest BCUT2D eigenvalue weighted by Crippen LogP contribution is -2.57. The van der Waals surface area contributed by atoms with Crippen molar-refractivity contribution in [3.8, 4) is 0 Å². The minimum absolute atomic E-state index is 0.0600. The van der Waals surface area contributed by atoms with E-state index in [0.29, 0.717) is 31.6 Å². The molecular formula is C20H40N10O5S2. The molecule has 212 valence electrons. The quantitative estimate of drug-likeness (QED) is 0.0320. The second-order valence-corrected chi connectivity index (χ2v) is 9.34. The summed E-state index contributed by atoms with van der Waals surface area (Å²) in [5.74, 6) is -2.88. The van der Waals surface area contributed by atoms with Gasteiger partial charge in [-0.25, -0.2) is 4.79 Å². The molecule has 0 aromatic rings. The number of nitrogens with two attached hydrogens (primary N) is 5. The summed E-state index contributed by atoms with van der Waals surface area (Å²) >= 11 is 5.58. The number of nitrogens with zero attached hydrogens (tertiary/aromatic N) is 2. The molecule has 4 atom stereocenters. The summed E-state index contributed by atoms with van der Waals surface area (Å²) in [5.41, 5.74) is 26.9. The number of carbonyl (C=O) groups excluding carboxylic acids is 3. The molecule has 0 heterocycles. The Labute approximate surface area is 226 Å². The molecule has 0 bridgehead atoms. The number of aliphatic imine (C=N–C) groups is 2. The van der Waals surface area contributed by atoms with Crippen molar-refractivity contribution >= 4 is 60.0 Å². The number of thiol groups is 1. The van der Waals surface area contributed by atoms with E-state index in [1.54, 1.807) is 0 Å². The van der Waals surface area contributed by atoms with Gasteiger partial charge in [0.15, 0.2) is 11.9 Å². The first-order valence-corrected chi connectivity index (χ1v) is 13.6. The molecule has 0 radical (unpaired) electrons. The summed E-state index contributed by atoms with van der Waals surface area (Å²) in [4.78, 5) is 57.3. The van der Waals surface area contributed by atoms with E-state index in [1.807, 2.05) is 6.26 Å². The van der Waals surface area contributed by atoms with Crippen molar-refractivity contribution in [1.29, 1.82) is 0 Å². The molecule has 17 heteroatoms. The summed E-state index contributed by atoms with van der Waals surface area (Å²) in [5, 5.41) is 16.9. The molecule has 0 aliphatic heterocycles. The Bertz CT molecular complexity index is 806. The Morgan fingerprint density at radius 1 is 0.811 bits per heavy atom. The Kier molecular flexibility index (Phi) is 17.7. The van der Waals surface area contributed by atoms with Gasteiger partial charge in [0.05, 0.1) is 6.04 Å². The fourth-order valence-corrected chi connectivity index (χ4v) is 3.66. The molecule has 14 N–H and O–H groups in total. The number of guanidine groups is 2. The number of aliphatic carboxylic acids is 1. The SMILES string of the molecule is CSCCC(NC(=O)C(N)CCCN=C(N)N)C(=O)NC(CS)C(=O)NC(CCCN=C(N)N)C(=O)O. The first kappa shape index (κ1) is 34.1. The van der Waals surface area contributed by atoms with Crippen LogP contribution in [0.5, 0.6) is 0 Å². The van der Waals surface area contributed by atoms with Crippen LogP contribution < -0.4 is 44.6 Å². The molecule has 37 heavy (non-hydrogen) atoms. The van der Waals surface area contributed by atoms with E-state index in [0.717, 1.165) is 0 Å². The maximum Gasteiger partial charge on any atom is 0.326 e. The maximum absolute atomic E-state index is 12.9. The summed E-state index contributed by atoms with van der Waals surface area (Å²) < 4.78 is 0. The number of hydrogen-bond donors (Lipinski definition) is 10. The number of carbonyl (C=O) groups is 4. The fraction of sp³-hybridized carbons (Fsp3) is 0.700. The fourth-order valence-electron chi connectivity index (χ4n) is 2.93. The zero-order chi connectivity index (χ0) is 28.4. The Morgan fingerprint density at radius 2 is 1.30 bits per heavy atom. The normalized spacial score (nSPS) is 13.8. The van der Waals surface area contributed by atoms with Gasteiger partial charge in [-0.05, 0) is 44.1 Å². The van der Waals surface area contributed by atoms with Gasteiger partial charge in [0.2, 0.25) is 17.7 Å². The summed E-state index contributed by atoms with van der Waals surface area (Å²) in [6, 6.07) is -4.21. The van der Waals surface area contributed by atoms with Crippen molar-refractivity contribution in [3.05, 3.63) is 0 Å². The molecule has 0 fully saturated rings. The van der Waals surface area contributed by atoms with E-state index in [-0.39, 0.29) is 37.1 Å². The molecule has 0 saturated heterocycles. The first-order chi connectivity index (χ1) is 17.4. The Morgan fingerprint density at radius 3 is 1.78 bits per heavy atom. The lowest BCUT2D eigenvalue weighted by atomic mass is 10.1. The third-order valence-corrected chi connectivity index (χ3v) is 5.93. The van der Waals surface area contributed by atoms with E-state index in [4.69, 9.17) is 28.7 Å². The van der Waals surface area contributed by atoms with Gasteiger partial charge in [-0.1, -0.05) is 0 Å². The zero-order valence-corrected chi connectivity index (χ0v) is 22.6. The van der Waals surface area contributed by atoms with Crippen LogP contribution in [0.3, 0.4) is 0 Å². The largest absolute Gasteiger partial charge is 0.480 e. The van der Waals surface area contributed by atoms with Crippen LogP contribution in [0.25, 0.3) is 0 Å². The summed E-state index contributed by atoms with van der Waals surface area (Å²) in [6.45, 7) is 0.506. The topological polar surface area (TPSA) is 279 Å². The van der Waals surface area contributed by atoms with Crippen LogP contribution in [0.2, 0.25) is 0 Å². The zero-order valence-electron chi connectivity index (χ0n) is 20.9. The number of hydrogen-bond acceptors (Lipinski definition) is 9. The van der Waals surface area contributed by atoms with Crippen molar-refractivity contribution < 1.29 is 24.3 Å². The molecule has 15 nitrogen and oxygen atoms in total. The van der Waals surface area contributed by atoms with Gasteiger partial charge in [0.1, 0.15) is 18.1 Å². The maximum atomic E-state index is 12.9. The monoisotopic (exact) mass is 564 g/mol. The van der Waals surface area contributed by atoms with Gasteiger partial charge in [0, 0.05) is 18.8 Å². The Hall–Kier alpha value is -2.92. The van der Waals surface area contributed by atoms with Gasteiger partial charge < -0.3 is 49.7 Å². The lowest BCUT2D eigenvalue weighted by molar-refractivity contribution is -0.142. The minimum atomic E-state index is -1.25. The van der Waals surface area contributed by atoms with Crippen LogP contribution in [0.15, 0.2) is 9.98 Å². The lowest BCUT2D eigenvalue weighted by Gasteiger charge is -2.24. The molecular weight excluding hydrogens is 524 g/mol. The van der Waals surface area contributed by atoms with Crippen molar-refractivity contribution in [2.45, 2.75) is 56.3 Å². The third-order valence-electron chi connectivity index (χ3n) is 4.92. The Balaban J connectivity index is 5.11. The van der Waals surface area contributed by atoms with E-state index in [9.17, 15) is 24.3 Å². The number of carboxylic acids is 1. The highest BCUT2D eigenvalue weighted by molar-refractivity contribution is 7.98. The molecule has 0 aromatic carbocycles. The van der Waals surface area contributed by atoms with Crippen LogP contribution in [0.4, 0.5) is 0 Å². The van der Waals surface area contributed by atoms with Crippen LogP contribution in [-0.2, 0) is 19.2 Å². The first-order valence-electron chi connectivity index (χ1n) is 11.5. The van der Waals surface area contributed by atoms with Crippen LogP contribution in [-0.4, -0.2) is 95.7 Å². The second-order valence-electron chi connectivity index (χ2n) is 7.99. The number of thioether (sulfide) groups is 1. The average molecular weight is 565 g/mol. The predicted molar refractivity (Wildman–Crippen MR) is 148 cm³/mol. The minimum Gasteiger partial charge on any atom is -0.480 e. The van der Waals surface area contributed by atoms with E-state index >= 15 is 0 Å².